The van der Waals surface area contributed by atoms with Gasteiger partial charge in [-0.25, -0.2) is 4.79 Å². The molecule has 3 atom stereocenters. The van der Waals surface area contributed by atoms with Crippen molar-refractivity contribution in [1.29, 1.82) is 0 Å². The Kier molecular flexibility index (Phi) is 6.20. The van der Waals surface area contributed by atoms with Crippen LogP contribution in [0.3, 0.4) is 0 Å². The number of quaternary nitrogens is 1. The Morgan fingerprint density at radius 2 is 2.00 bits per heavy atom. The van der Waals surface area contributed by atoms with E-state index in [0.29, 0.717) is 27.5 Å². The van der Waals surface area contributed by atoms with Crippen LogP contribution in [0.15, 0.2) is 0 Å². The molecule has 0 aromatic carbocycles. The third kappa shape index (κ3) is 4.06. The van der Waals surface area contributed by atoms with Crippen LogP contribution in [0.25, 0.3) is 0 Å². The molecule has 0 saturated carbocycles. The summed E-state index contributed by atoms with van der Waals surface area (Å²) in [6, 6.07) is 0. The van der Waals surface area contributed by atoms with E-state index >= 15 is 0 Å². The number of carbonyl (C=O) groups excluding carboxylic acids is 2. The van der Waals surface area contributed by atoms with Crippen LogP contribution in [0.1, 0.15) is 46.4 Å². The lowest BCUT2D eigenvalue weighted by atomic mass is 10.1. The molecule has 1 saturated heterocycles. The number of rotatable bonds is 5. The van der Waals surface area contributed by atoms with Crippen molar-refractivity contribution >= 4 is 28.2 Å². The van der Waals surface area contributed by atoms with E-state index in [1.54, 1.807) is 14.0 Å². The number of nitrogen functional groups attached to an aromatic ring is 1. The van der Waals surface area contributed by atoms with Gasteiger partial charge in [0.05, 0.1) is 6.61 Å². The molecule has 8 heteroatoms. The van der Waals surface area contributed by atoms with Crippen molar-refractivity contribution in [2.75, 3.05) is 32.5 Å². The summed E-state index contributed by atoms with van der Waals surface area (Å²) >= 11 is 1.14. The van der Waals surface area contributed by atoms with E-state index in [1.165, 1.54) is 4.90 Å². The average molecular weight is 356 g/mol. The maximum atomic E-state index is 12.3. The van der Waals surface area contributed by atoms with E-state index < -0.39 is 5.97 Å². The summed E-state index contributed by atoms with van der Waals surface area (Å²) in [5.74, 6) is -0.698. The topological polar surface area (TPSA) is 95.1 Å². The van der Waals surface area contributed by atoms with Crippen LogP contribution in [-0.2, 0) is 16.0 Å². The van der Waals surface area contributed by atoms with Crippen molar-refractivity contribution in [1.82, 2.24) is 5.32 Å². The summed E-state index contributed by atoms with van der Waals surface area (Å²) in [5, 5.41) is 2.95. The Morgan fingerprint density at radius 3 is 2.54 bits per heavy atom. The van der Waals surface area contributed by atoms with Crippen LogP contribution in [0.5, 0.6) is 0 Å². The number of thiophene rings is 1. The van der Waals surface area contributed by atoms with Gasteiger partial charge in [-0.3, -0.25) is 4.79 Å². The highest BCUT2D eigenvalue weighted by molar-refractivity contribution is 7.18. The summed E-state index contributed by atoms with van der Waals surface area (Å²) in [6.07, 6.45) is 0.267. The van der Waals surface area contributed by atoms with Gasteiger partial charge in [-0.05, 0) is 20.8 Å². The number of nitrogens with one attached hydrogen (secondary N) is 2. The number of esters is 1. The Morgan fingerprint density at radius 1 is 1.38 bits per heavy atom. The van der Waals surface area contributed by atoms with Gasteiger partial charge in [0.15, 0.2) is 0 Å². The minimum atomic E-state index is -0.467. The van der Waals surface area contributed by atoms with Gasteiger partial charge in [-0.1, -0.05) is 0 Å². The molecule has 2 heterocycles. The fraction of sp³-hybridized carbons (Fsp3) is 0.625. The first kappa shape index (κ1) is 18.7. The molecule has 1 aliphatic rings. The summed E-state index contributed by atoms with van der Waals surface area (Å²) in [5.41, 5.74) is 7.04. The van der Waals surface area contributed by atoms with Gasteiger partial charge in [0.2, 0.25) is 0 Å². The van der Waals surface area contributed by atoms with Gasteiger partial charge in [-0.2, -0.15) is 0 Å². The minimum absolute atomic E-state index is 0.134. The van der Waals surface area contributed by atoms with E-state index in [0.717, 1.165) is 24.4 Å². The van der Waals surface area contributed by atoms with Gasteiger partial charge < -0.3 is 25.4 Å². The highest BCUT2D eigenvalue weighted by Gasteiger charge is 2.32. The smallest absolute Gasteiger partial charge is 0.341 e. The van der Waals surface area contributed by atoms with Crippen LogP contribution < -0.4 is 16.0 Å². The van der Waals surface area contributed by atoms with Gasteiger partial charge in [0.1, 0.15) is 47.3 Å². The van der Waals surface area contributed by atoms with Gasteiger partial charge in [0.25, 0.3) is 5.91 Å². The Hall–Kier alpha value is -1.64. The van der Waals surface area contributed by atoms with Crippen LogP contribution in [0, 0.1) is 0 Å². The fourth-order valence-corrected chi connectivity index (χ4v) is 4.18. The van der Waals surface area contributed by atoms with Crippen molar-refractivity contribution in [3.05, 3.63) is 16.0 Å². The van der Waals surface area contributed by atoms with Crippen LogP contribution in [0.2, 0.25) is 0 Å². The quantitative estimate of drug-likeness (QED) is 0.649. The zero-order valence-corrected chi connectivity index (χ0v) is 15.4. The summed E-state index contributed by atoms with van der Waals surface area (Å²) in [4.78, 5) is 26.3. The van der Waals surface area contributed by atoms with Gasteiger partial charge in [-0.15, -0.1) is 11.3 Å². The van der Waals surface area contributed by atoms with E-state index in [9.17, 15) is 9.59 Å². The number of hydrogen-bond donors (Lipinski definition) is 3. The van der Waals surface area contributed by atoms with Crippen LogP contribution >= 0.6 is 11.3 Å². The molecular weight excluding hydrogens is 330 g/mol. The average Bonchev–Trinajstić information content (AvgIpc) is 2.82. The van der Waals surface area contributed by atoms with Gasteiger partial charge in [0, 0.05) is 12.6 Å². The third-order valence-electron chi connectivity index (χ3n) is 3.99. The number of amides is 1. The highest BCUT2D eigenvalue weighted by Crippen LogP contribution is 2.31. The predicted octanol–water partition coefficient (Wildman–Crippen LogP) is 0.0587. The summed E-state index contributed by atoms with van der Waals surface area (Å²) in [6.45, 7) is 8.25. The van der Waals surface area contributed by atoms with Crippen molar-refractivity contribution in [3.8, 4) is 0 Å². The second-order valence-corrected chi connectivity index (χ2v) is 7.09. The molecule has 2 rings (SSSR count). The maximum absolute atomic E-state index is 12.3. The maximum Gasteiger partial charge on any atom is 0.341 e. The normalized spacial score (nSPS) is 23.8. The predicted molar refractivity (Wildman–Crippen MR) is 92.5 cm³/mol. The van der Waals surface area contributed by atoms with E-state index in [2.05, 4.69) is 5.32 Å². The number of anilines is 1. The second-order valence-electron chi connectivity index (χ2n) is 6.04. The molecule has 4 N–H and O–H groups in total. The van der Waals surface area contributed by atoms with Crippen molar-refractivity contribution < 1.29 is 24.0 Å². The molecule has 1 aromatic heterocycles. The van der Waals surface area contributed by atoms with Crippen LogP contribution in [0.4, 0.5) is 5.00 Å². The molecule has 7 nitrogen and oxygen atoms in total. The first-order chi connectivity index (χ1) is 11.4. The van der Waals surface area contributed by atoms with Crippen molar-refractivity contribution in [2.24, 2.45) is 0 Å². The summed E-state index contributed by atoms with van der Waals surface area (Å²) < 4.78 is 10.9. The van der Waals surface area contributed by atoms with E-state index in [1.807, 2.05) is 13.8 Å². The van der Waals surface area contributed by atoms with Crippen molar-refractivity contribution in [3.63, 3.8) is 0 Å². The lowest BCUT2D eigenvalue weighted by Gasteiger charge is -2.32. The Labute approximate surface area is 146 Å². The zero-order valence-electron chi connectivity index (χ0n) is 14.6. The number of hydrogen-bond acceptors (Lipinski definition) is 6. The number of nitrogens with two attached hydrogens (primary N) is 1. The summed E-state index contributed by atoms with van der Waals surface area (Å²) in [7, 11) is 1.57. The van der Waals surface area contributed by atoms with Gasteiger partial charge >= 0.3 is 5.97 Å². The number of ether oxygens (including phenoxy) is 2. The molecular formula is C16H26N3O4S+. The SMILES string of the molecule is CCOC(=O)c1c(N)sc(C(=O)NC)c1C[NH+]1C[C@@H](C)O[C@@H](C)C1. The van der Waals surface area contributed by atoms with Crippen LogP contribution in [-0.4, -0.2) is 50.8 Å². The Balaban J connectivity index is 2.37. The molecule has 0 spiro atoms. The number of carbonyl (C=O) groups is 2. The van der Waals surface area contributed by atoms with E-state index in [4.69, 9.17) is 15.2 Å². The highest BCUT2D eigenvalue weighted by atomic mass is 32.1. The minimum Gasteiger partial charge on any atom is -0.462 e. The molecule has 0 radical (unpaired) electrons. The molecule has 1 aromatic rings. The standard InChI is InChI=1S/C16H25N3O4S/c1-5-22-16(21)12-11(13(15(20)18-4)24-14(12)17)8-19-6-9(2)23-10(3)7-19/h9-10H,5-8,17H2,1-4H3,(H,18,20)/p+1/t9-,10+. The second kappa shape index (κ2) is 7.96. The monoisotopic (exact) mass is 356 g/mol. The molecule has 1 aliphatic heterocycles. The Bertz CT molecular complexity index is 607. The molecule has 1 amide bonds. The first-order valence-corrected chi connectivity index (χ1v) is 8.98. The molecule has 24 heavy (non-hydrogen) atoms. The molecule has 0 aliphatic carbocycles. The molecule has 1 unspecified atom stereocenters. The largest absolute Gasteiger partial charge is 0.462 e. The van der Waals surface area contributed by atoms with Crippen molar-refractivity contribution in [2.45, 2.75) is 39.5 Å². The fourth-order valence-electron chi connectivity index (χ4n) is 3.16. The zero-order chi connectivity index (χ0) is 17.9. The van der Waals surface area contributed by atoms with E-state index in [-0.39, 0.29) is 24.7 Å². The molecule has 1 fully saturated rings. The lowest BCUT2D eigenvalue weighted by Crippen LogP contribution is -3.14. The number of morpholine rings is 1. The third-order valence-corrected chi connectivity index (χ3v) is 5.05. The lowest BCUT2D eigenvalue weighted by molar-refractivity contribution is -0.928. The first-order valence-electron chi connectivity index (χ1n) is 8.16. The molecule has 134 valence electrons. The molecule has 0 bridgehead atoms.